The maximum atomic E-state index is 5.32. The molecule has 2 nitrogen and oxygen atoms in total. The highest BCUT2D eigenvalue weighted by molar-refractivity contribution is 6.15. The van der Waals surface area contributed by atoms with Crippen molar-refractivity contribution in [2.45, 2.75) is 19.3 Å². The van der Waals surface area contributed by atoms with E-state index in [-0.39, 0.29) is 5.41 Å². The van der Waals surface area contributed by atoms with Crippen LogP contribution in [-0.2, 0) is 5.41 Å². The zero-order valence-electron chi connectivity index (χ0n) is 27.9. The maximum absolute atomic E-state index is 5.32. The molecule has 0 amide bonds. The molecule has 0 radical (unpaired) electrons. The molecule has 9 aromatic rings. The number of hydrogen-bond acceptors (Lipinski definition) is 1. The quantitative estimate of drug-likeness (QED) is 0.189. The van der Waals surface area contributed by atoms with Crippen LogP contribution in [0.2, 0.25) is 0 Å². The molecule has 0 saturated heterocycles. The lowest BCUT2D eigenvalue weighted by Gasteiger charge is -2.22. The summed E-state index contributed by atoms with van der Waals surface area (Å²) in [5.74, 6) is 0. The van der Waals surface area contributed by atoms with Crippen molar-refractivity contribution in [3.8, 4) is 61.6 Å². The number of hydrogen-bond donors (Lipinski definition) is 0. The molecule has 2 aliphatic rings. The zero-order chi connectivity index (χ0) is 33.1. The smallest absolute Gasteiger partial charge is 0.0800 e. The first-order valence-electron chi connectivity index (χ1n) is 17.5. The van der Waals surface area contributed by atoms with Crippen molar-refractivity contribution >= 4 is 32.6 Å². The second kappa shape index (κ2) is 9.90. The Morgan fingerprint density at radius 2 is 1.10 bits per heavy atom. The summed E-state index contributed by atoms with van der Waals surface area (Å²) in [7, 11) is 0. The molecule has 234 valence electrons. The number of aromatic nitrogens is 2. The van der Waals surface area contributed by atoms with Crippen LogP contribution in [0.25, 0.3) is 94.2 Å². The van der Waals surface area contributed by atoms with Crippen molar-refractivity contribution in [3.63, 3.8) is 0 Å². The average Bonchev–Trinajstić information content (AvgIpc) is 3.75. The summed E-state index contributed by atoms with van der Waals surface area (Å²) in [6.45, 7) is 4.75. The second-order valence-electron chi connectivity index (χ2n) is 14.4. The van der Waals surface area contributed by atoms with Gasteiger partial charge in [0.2, 0.25) is 0 Å². The summed E-state index contributed by atoms with van der Waals surface area (Å²) in [6, 6.07) is 58.0. The molecular formula is C48H32N2. The third-order valence-electron chi connectivity index (χ3n) is 11.3. The fourth-order valence-electron chi connectivity index (χ4n) is 8.89. The van der Waals surface area contributed by atoms with E-state index < -0.39 is 0 Å². The van der Waals surface area contributed by atoms with Crippen molar-refractivity contribution in [2.75, 3.05) is 0 Å². The predicted molar refractivity (Wildman–Crippen MR) is 209 cm³/mol. The van der Waals surface area contributed by atoms with Gasteiger partial charge in [-0.05, 0) is 98.4 Å². The number of pyridine rings is 1. The minimum atomic E-state index is -0.155. The predicted octanol–water partition coefficient (Wildman–Crippen LogP) is 12.6. The molecule has 0 unspecified atom stereocenters. The van der Waals surface area contributed by atoms with Crippen LogP contribution in [0.3, 0.4) is 0 Å². The van der Waals surface area contributed by atoms with Crippen LogP contribution < -0.4 is 0 Å². The van der Waals surface area contributed by atoms with Crippen molar-refractivity contribution in [3.05, 3.63) is 169 Å². The van der Waals surface area contributed by atoms with Gasteiger partial charge in [-0.15, -0.1) is 0 Å². The molecule has 50 heavy (non-hydrogen) atoms. The van der Waals surface area contributed by atoms with Gasteiger partial charge in [0.25, 0.3) is 0 Å². The van der Waals surface area contributed by atoms with Crippen molar-refractivity contribution in [1.29, 1.82) is 0 Å². The largest absolute Gasteiger partial charge is 0.309 e. The van der Waals surface area contributed by atoms with Crippen LogP contribution >= 0.6 is 0 Å². The molecule has 2 aliphatic carbocycles. The van der Waals surface area contributed by atoms with Crippen LogP contribution in [0.4, 0.5) is 0 Å². The summed E-state index contributed by atoms with van der Waals surface area (Å²) in [6.07, 6.45) is 0. The Labute approximate surface area is 290 Å². The number of nitrogens with zero attached hydrogens (tertiary/aromatic N) is 2. The molecule has 0 fully saturated rings. The number of rotatable bonds is 3. The summed E-state index contributed by atoms with van der Waals surface area (Å²) < 4.78 is 2.38. The highest BCUT2D eigenvalue weighted by Gasteiger charge is 2.36. The van der Waals surface area contributed by atoms with Gasteiger partial charge in [-0.25, -0.2) is 4.98 Å². The molecule has 0 atom stereocenters. The normalized spacial score (nSPS) is 13.6. The van der Waals surface area contributed by atoms with E-state index in [9.17, 15) is 0 Å². The molecule has 2 aromatic heterocycles. The molecule has 7 aromatic carbocycles. The second-order valence-corrected chi connectivity index (χ2v) is 14.4. The minimum Gasteiger partial charge on any atom is -0.309 e. The molecule has 2 heteroatoms. The van der Waals surface area contributed by atoms with Gasteiger partial charge in [0, 0.05) is 38.4 Å². The summed E-state index contributed by atoms with van der Waals surface area (Å²) in [5.41, 5.74) is 18.4. The van der Waals surface area contributed by atoms with Gasteiger partial charge in [0.05, 0.1) is 22.4 Å². The zero-order valence-corrected chi connectivity index (χ0v) is 27.9. The lowest BCUT2D eigenvalue weighted by atomic mass is 9.81. The van der Waals surface area contributed by atoms with E-state index in [1.54, 1.807) is 0 Å². The lowest BCUT2D eigenvalue weighted by molar-refractivity contribution is 0.661. The number of fused-ring (bicyclic) bond motifs is 9. The number of benzene rings is 7. The van der Waals surface area contributed by atoms with Crippen molar-refractivity contribution < 1.29 is 0 Å². The Bertz CT molecular complexity index is 2890. The minimum absolute atomic E-state index is 0.155. The van der Waals surface area contributed by atoms with Crippen LogP contribution in [-0.4, -0.2) is 9.55 Å². The molecule has 0 bridgehead atoms. The Morgan fingerprint density at radius 1 is 0.460 bits per heavy atom. The van der Waals surface area contributed by atoms with E-state index in [0.717, 1.165) is 17.0 Å². The Morgan fingerprint density at radius 3 is 1.94 bits per heavy atom. The Kier molecular flexibility index (Phi) is 5.48. The molecule has 0 aliphatic heterocycles. The van der Waals surface area contributed by atoms with E-state index in [4.69, 9.17) is 4.98 Å². The first-order chi connectivity index (χ1) is 24.5. The van der Waals surface area contributed by atoms with Crippen LogP contribution in [0.15, 0.2) is 158 Å². The molecule has 0 saturated carbocycles. The van der Waals surface area contributed by atoms with E-state index >= 15 is 0 Å². The van der Waals surface area contributed by atoms with Gasteiger partial charge in [-0.2, -0.15) is 0 Å². The van der Waals surface area contributed by atoms with Gasteiger partial charge in [0.1, 0.15) is 0 Å². The standard InChI is InChI=1S/C48H32N2/c1-48(2)41-26-30(29-21-24-45-40(25-29)37-15-8-9-18-44(37)50(45)33-12-4-3-5-13-33)19-22-35(41)36-23-20-31(27-42(36)48)43-28-32-11-10-17-38-34-14-6-7-16-39(34)47(49-43)46(32)38/h3-28H,1-2H3. The fourth-order valence-corrected chi connectivity index (χ4v) is 8.89. The van der Waals surface area contributed by atoms with Gasteiger partial charge in [0.15, 0.2) is 0 Å². The fraction of sp³-hybridized carbons (Fsp3) is 0.0625. The Hall–Kier alpha value is -6.25. The van der Waals surface area contributed by atoms with Crippen molar-refractivity contribution in [1.82, 2.24) is 9.55 Å². The molecule has 11 rings (SSSR count). The van der Waals surface area contributed by atoms with Gasteiger partial charge < -0.3 is 4.57 Å². The van der Waals surface area contributed by atoms with Gasteiger partial charge >= 0.3 is 0 Å². The van der Waals surface area contributed by atoms with Gasteiger partial charge in [-0.1, -0.05) is 123 Å². The van der Waals surface area contributed by atoms with Crippen molar-refractivity contribution in [2.24, 2.45) is 0 Å². The van der Waals surface area contributed by atoms with Gasteiger partial charge in [-0.3, -0.25) is 0 Å². The molecular weight excluding hydrogens is 605 g/mol. The highest BCUT2D eigenvalue weighted by atomic mass is 15.0. The van der Waals surface area contributed by atoms with E-state index in [1.807, 2.05) is 0 Å². The molecule has 0 spiro atoms. The molecule has 2 heterocycles. The van der Waals surface area contributed by atoms with E-state index in [2.05, 4.69) is 176 Å². The van der Waals surface area contributed by atoms with E-state index in [1.165, 1.54) is 88.3 Å². The first kappa shape index (κ1) is 27.7. The third-order valence-corrected chi connectivity index (χ3v) is 11.3. The maximum Gasteiger partial charge on any atom is 0.0800 e. The first-order valence-corrected chi connectivity index (χ1v) is 17.5. The summed E-state index contributed by atoms with van der Waals surface area (Å²) in [4.78, 5) is 5.32. The third kappa shape index (κ3) is 3.71. The Balaban J connectivity index is 1.01. The number of para-hydroxylation sites is 2. The highest BCUT2D eigenvalue weighted by Crippen LogP contribution is 2.52. The van der Waals surface area contributed by atoms with Crippen LogP contribution in [0, 0.1) is 0 Å². The topological polar surface area (TPSA) is 17.8 Å². The van der Waals surface area contributed by atoms with Crippen LogP contribution in [0.5, 0.6) is 0 Å². The summed E-state index contributed by atoms with van der Waals surface area (Å²) >= 11 is 0. The summed E-state index contributed by atoms with van der Waals surface area (Å²) in [5, 5.41) is 5.06. The monoisotopic (exact) mass is 636 g/mol. The SMILES string of the molecule is CC1(C)c2cc(-c3ccc4c(c3)c3ccccc3n4-c3ccccc3)ccc2-c2ccc(-c3cc4cccc5c4c(n3)-c3ccccc3-5)cc21. The lowest BCUT2D eigenvalue weighted by Crippen LogP contribution is -2.15. The van der Waals surface area contributed by atoms with E-state index in [0.29, 0.717) is 0 Å². The molecule has 0 N–H and O–H groups in total. The average molecular weight is 637 g/mol. The van der Waals surface area contributed by atoms with Crippen LogP contribution in [0.1, 0.15) is 25.0 Å².